The number of alkyl halides is 3. The van der Waals surface area contributed by atoms with E-state index < -0.39 is 17.6 Å². The summed E-state index contributed by atoms with van der Waals surface area (Å²) in [7, 11) is 0. The molecule has 1 N–H and O–H groups in total. The predicted octanol–water partition coefficient (Wildman–Crippen LogP) is 3.21. The van der Waals surface area contributed by atoms with Gasteiger partial charge >= 0.3 is 6.18 Å². The van der Waals surface area contributed by atoms with Crippen molar-refractivity contribution in [1.29, 1.82) is 0 Å². The van der Waals surface area contributed by atoms with Gasteiger partial charge in [-0.25, -0.2) is 4.39 Å². The summed E-state index contributed by atoms with van der Waals surface area (Å²) in [5.41, 5.74) is -0.732. The fraction of sp³-hybridized carbons (Fsp3) is 0.400. The molecule has 0 spiro atoms. The van der Waals surface area contributed by atoms with Gasteiger partial charge in [-0.3, -0.25) is 0 Å². The van der Waals surface area contributed by atoms with Crippen LogP contribution in [0.4, 0.5) is 17.6 Å². The summed E-state index contributed by atoms with van der Waals surface area (Å²) in [6.07, 6.45) is -4.52. The Balaban J connectivity index is 2.90. The highest BCUT2D eigenvalue weighted by Gasteiger charge is 2.31. The van der Waals surface area contributed by atoms with E-state index in [-0.39, 0.29) is 17.5 Å². The lowest BCUT2D eigenvalue weighted by atomic mass is 10.1. The van der Waals surface area contributed by atoms with Crippen molar-refractivity contribution in [3.05, 3.63) is 35.1 Å². The highest BCUT2D eigenvalue weighted by molar-refractivity contribution is 7.80. The van der Waals surface area contributed by atoms with Gasteiger partial charge in [-0.2, -0.15) is 25.8 Å². The monoisotopic (exact) mass is 253 g/mol. The van der Waals surface area contributed by atoms with Crippen molar-refractivity contribution < 1.29 is 17.6 Å². The van der Waals surface area contributed by atoms with Crippen molar-refractivity contribution in [2.75, 3.05) is 0 Å². The summed E-state index contributed by atoms with van der Waals surface area (Å²) in [4.78, 5) is 0. The highest BCUT2D eigenvalue weighted by atomic mass is 32.1. The largest absolute Gasteiger partial charge is 0.416 e. The Morgan fingerprint density at radius 2 is 1.94 bits per heavy atom. The molecule has 0 saturated carbocycles. The first-order chi connectivity index (χ1) is 7.29. The molecule has 0 fully saturated rings. The van der Waals surface area contributed by atoms with E-state index in [9.17, 15) is 17.6 Å². The van der Waals surface area contributed by atoms with Crippen molar-refractivity contribution in [3.8, 4) is 0 Å². The van der Waals surface area contributed by atoms with Gasteiger partial charge in [-0.1, -0.05) is 0 Å². The molecule has 0 bridgehead atoms. The van der Waals surface area contributed by atoms with Gasteiger partial charge in [0.1, 0.15) is 5.82 Å². The lowest BCUT2D eigenvalue weighted by Gasteiger charge is -2.11. The van der Waals surface area contributed by atoms with Gasteiger partial charge in [-0.15, -0.1) is 0 Å². The number of rotatable bonds is 3. The third-order valence-electron chi connectivity index (χ3n) is 1.89. The predicted molar refractivity (Wildman–Crippen MR) is 56.7 cm³/mol. The van der Waals surface area contributed by atoms with E-state index in [1.165, 1.54) is 0 Å². The highest BCUT2D eigenvalue weighted by Crippen LogP contribution is 2.30. The van der Waals surface area contributed by atoms with Crippen LogP contribution >= 0.6 is 12.6 Å². The standard InChI is InChI=1S/C10H11F4NS/c1-6(16)15-5-7-2-8(10(12,13)14)4-9(11)3-7/h2-4,6,15-16H,5H2,1H3. The third kappa shape index (κ3) is 4.02. The fourth-order valence-corrected chi connectivity index (χ4v) is 1.27. The topological polar surface area (TPSA) is 12.0 Å². The Morgan fingerprint density at radius 3 is 2.44 bits per heavy atom. The summed E-state index contributed by atoms with van der Waals surface area (Å²) in [5.74, 6) is -0.890. The molecule has 0 aromatic heterocycles. The molecular formula is C10H11F4NS. The minimum absolute atomic E-state index is 0.144. The molecule has 1 nitrogen and oxygen atoms in total. The van der Waals surface area contributed by atoms with E-state index in [2.05, 4.69) is 17.9 Å². The molecule has 0 radical (unpaired) electrons. The molecule has 1 rings (SSSR count). The molecule has 6 heteroatoms. The van der Waals surface area contributed by atoms with Crippen LogP contribution in [-0.2, 0) is 12.7 Å². The Labute approximate surface area is 96.3 Å². The number of thiol groups is 1. The molecule has 0 amide bonds. The number of hydrogen-bond acceptors (Lipinski definition) is 2. The van der Waals surface area contributed by atoms with E-state index in [0.29, 0.717) is 6.07 Å². The van der Waals surface area contributed by atoms with Crippen molar-refractivity contribution in [2.45, 2.75) is 25.0 Å². The van der Waals surface area contributed by atoms with Crippen LogP contribution in [-0.4, -0.2) is 5.37 Å². The zero-order valence-electron chi connectivity index (χ0n) is 8.48. The van der Waals surface area contributed by atoms with Gasteiger partial charge in [0.25, 0.3) is 0 Å². The summed E-state index contributed by atoms with van der Waals surface area (Å²) < 4.78 is 50.0. The number of nitrogens with one attached hydrogen (secondary N) is 1. The Bertz CT molecular complexity index is 362. The number of halogens is 4. The number of benzene rings is 1. The molecule has 1 atom stereocenters. The smallest absolute Gasteiger partial charge is 0.302 e. The Kier molecular flexibility index (Phi) is 4.21. The normalized spacial score (nSPS) is 13.9. The van der Waals surface area contributed by atoms with Gasteiger partial charge in [-0.05, 0) is 30.7 Å². The van der Waals surface area contributed by atoms with Crippen molar-refractivity contribution in [2.24, 2.45) is 0 Å². The van der Waals surface area contributed by atoms with Gasteiger partial charge < -0.3 is 5.32 Å². The minimum Gasteiger partial charge on any atom is -0.302 e. The second-order valence-corrected chi connectivity index (χ2v) is 4.18. The van der Waals surface area contributed by atoms with Gasteiger partial charge in [0.2, 0.25) is 0 Å². The molecule has 0 aliphatic heterocycles. The van der Waals surface area contributed by atoms with E-state index >= 15 is 0 Å². The maximum absolute atomic E-state index is 12.9. The fourth-order valence-electron chi connectivity index (χ4n) is 1.18. The van der Waals surface area contributed by atoms with Crippen LogP contribution in [0.25, 0.3) is 0 Å². The lowest BCUT2D eigenvalue weighted by Crippen LogP contribution is -2.20. The molecular weight excluding hydrogens is 242 g/mol. The second-order valence-electron chi connectivity index (χ2n) is 3.40. The summed E-state index contributed by atoms with van der Waals surface area (Å²) >= 11 is 4.01. The van der Waals surface area contributed by atoms with E-state index in [1.807, 2.05) is 0 Å². The molecule has 1 unspecified atom stereocenters. The lowest BCUT2D eigenvalue weighted by molar-refractivity contribution is -0.137. The van der Waals surface area contributed by atoms with Crippen LogP contribution in [0.5, 0.6) is 0 Å². The quantitative estimate of drug-likeness (QED) is 0.479. The maximum Gasteiger partial charge on any atom is 0.416 e. The van der Waals surface area contributed by atoms with Gasteiger partial charge in [0, 0.05) is 11.9 Å². The molecule has 0 aliphatic carbocycles. The second kappa shape index (κ2) is 5.05. The maximum atomic E-state index is 12.9. The van der Waals surface area contributed by atoms with Crippen molar-refractivity contribution in [1.82, 2.24) is 5.32 Å². The molecule has 1 aromatic rings. The van der Waals surface area contributed by atoms with Gasteiger partial charge in [0.15, 0.2) is 0 Å². The third-order valence-corrected chi connectivity index (χ3v) is 2.07. The van der Waals surface area contributed by atoms with Crippen molar-refractivity contribution >= 4 is 12.6 Å². The first-order valence-electron chi connectivity index (χ1n) is 4.57. The Hall–Kier alpha value is -0.750. The zero-order chi connectivity index (χ0) is 12.3. The summed E-state index contributed by atoms with van der Waals surface area (Å²) in [5, 5.41) is 2.63. The van der Waals surface area contributed by atoms with Crippen LogP contribution in [0, 0.1) is 5.82 Å². The molecule has 0 saturated heterocycles. The molecule has 0 aliphatic rings. The van der Waals surface area contributed by atoms with Crippen molar-refractivity contribution in [3.63, 3.8) is 0 Å². The van der Waals surface area contributed by atoms with Crippen LogP contribution in [0.15, 0.2) is 18.2 Å². The van der Waals surface area contributed by atoms with Crippen LogP contribution in [0.3, 0.4) is 0 Å². The van der Waals surface area contributed by atoms with E-state index in [0.717, 1.165) is 12.1 Å². The number of hydrogen-bond donors (Lipinski definition) is 2. The first kappa shape index (κ1) is 13.3. The van der Waals surface area contributed by atoms with E-state index in [4.69, 9.17) is 0 Å². The average molecular weight is 253 g/mol. The van der Waals surface area contributed by atoms with Crippen LogP contribution in [0.1, 0.15) is 18.1 Å². The summed E-state index contributed by atoms with van der Waals surface area (Å²) in [6, 6.07) is 2.47. The summed E-state index contributed by atoms with van der Waals surface area (Å²) in [6.45, 7) is 1.87. The Morgan fingerprint density at radius 1 is 1.31 bits per heavy atom. The van der Waals surface area contributed by atoms with Crippen LogP contribution in [0.2, 0.25) is 0 Å². The molecule has 16 heavy (non-hydrogen) atoms. The molecule has 0 heterocycles. The van der Waals surface area contributed by atoms with E-state index in [1.54, 1.807) is 6.92 Å². The SMILES string of the molecule is CC(S)NCc1cc(F)cc(C(F)(F)F)c1. The molecule has 1 aromatic carbocycles. The average Bonchev–Trinajstić information content (AvgIpc) is 2.12. The zero-order valence-corrected chi connectivity index (χ0v) is 9.37. The van der Waals surface area contributed by atoms with Gasteiger partial charge in [0.05, 0.1) is 5.56 Å². The van der Waals surface area contributed by atoms with Crippen LogP contribution < -0.4 is 5.32 Å². The minimum atomic E-state index is -4.52. The molecule has 90 valence electrons. The first-order valence-corrected chi connectivity index (χ1v) is 5.09.